The van der Waals surface area contributed by atoms with E-state index in [0.717, 1.165) is 5.76 Å². The molecule has 0 bridgehead atoms. The van der Waals surface area contributed by atoms with E-state index in [1.807, 2.05) is 18.0 Å². The van der Waals surface area contributed by atoms with Crippen LogP contribution in [-0.4, -0.2) is 24.4 Å². The zero-order valence-electron chi connectivity index (χ0n) is 11.2. The summed E-state index contributed by atoms with van der Waals surface area (Å²) in [5.41, 5.74) is 0.360. The van der Waals surface area contributed by atoms with Crippen molar-refractivity contribution in [2.75, 3.05) is 18.9 Å². The Bertz CT molecular complexity index is 606. The van der Waals surface area contributed by atoms with E-state index < -0.39 is 0 Å². The minimum absolute atomic E-state index is 0.177. The van der Waals surface area contributed by atoms with Gasteiger partial charge in [0.05, 0.1) is 35.1 Å². The van der Waals surface area contributed by atoms with Crippen molar-refractivity contribution in [2.24, 2.45) is 0 Å². The van der Waals surface area contributed by atoms with Crippen LogP contribution in [-0.2, 0) is 11.3 Å². The summed E-state index contributed by atoms with van der Waals surface area (Å²) >= 11 is 17.9. The molecule has 0 aliphatic heterocycles. The molecular weight excluding hydrogens is 335 g/mol. The van der Waals surface area contributed by atoms with Crippen LogP contribution in [0, 0.1) is 0 Å². The number of rotatable bonds is 5. The minimum atomic E-state index is -0.227. The molecule has 1 N–H and O–H groups in total. The van der Waals surface area contributed by atoms with Gasteiger partial charge in [0.25, 0.3) is 0 Å². The van der Waals surface area contributed by atoms with E-state index in [-0.39, 0.29) is 12.5 Å². The Morgan fingerprint density at radius 1 is 1.29 bits per heavy atom. The van der Waals surface area contributed by atoms with Gasteiger partial charge in [-0.1, -0.05) is 34.8 Å². The van der Waals surface area contributed by atoms with Crippen LogP contribution < -0.4 is 5.32 Å². The standard InChI is InChI=1S/C14H13Cl3N2O2/c1-19(7-10-3-2-4-21-10)8-13(20)18-14-11(16)5-9(15)6-12(14)17/h2-6H,7-8H2,1H3,(H,18,20). The summed E-state index contributed by atoms with van der Waals surface area (Å²) in [5, 5.41) is 3.70. The number of carbonyl (C=O) groups is 1. The number of carbonyl (C=O) groups excluding carboxylic acids is 1. The molecule has 2 aromatic rings. The molecule has 0 saturated heterocycles. The normalized spacial score (nSPS) is 10.9. The van der Waals surface area contributed by atoms with Crippen LogP contribution in [0.4, 0.5) is 5.69 Å². The molecule has 1 amide bonds. The third-order valence-electron chi connectivity index (χ3n) is 2.69. The van der Waals surface area contributed by atoms with Gasteiger partial charge in [0.1, 0.15) is 5.76 Å². The largest absolute Gasteiger partial charge is 0.468 e. The van der Waals surface area contributed by atoms with Crippen molar-refractivity contribution in [1.82, 2.24) is 4.90 Å². The molecule has 1 aromatic heterocycles. The van der Waals surface area contributed by atoms with Gasteiger partial charge < -0.3 is 9.73 Å². The first-order chi connectivity index (χ1) is 9.95. The lowest BCUT2D eigenvalue weighted by Gasteiger charge is -2.16. The van der Waals surface area contributed by atoms with Crippen molar-refractivity contribution >= 4 is 46.4 Å². The number of amides is 1. The Hall–Kier alpha value is -1.20. The lowest BCUT2D eigenvalue weighted by atomic mass is 10.3. The van der Waals surface area contributed by atoms with Crippen molar-refractivity contribution in [1.29, 1.82) is 0 Å². The van der Waals surface area contributed by atoms with E-state index in [9.17, 15) is 4.79 Å². The summed E-state index contributed by atoms with van der Waals surface area (Å²) in [6.07, 6.45) is 1.59. The van der Waals surface area contributed by atoms with Gasteiger partial charge in [-0.2, -0.15) is 0 Å². The summed E-state index contributed by atoms with van der Waals surface area (Å²) in [6, 6.07) is 6.70. The Labute approximate surface area is 137 Å². The smallest absolute Gasteiger partial charge is 0.238 e. The highest BCUT2D eigenvalue weighted by Crippen LogP contribution is 2.33. The minimum Gasteiger partial charge on any atom is -0.468 e. The Morgan fingerprint density at radius 3 is 2.52 bits per heavy atom. The maximum Gasteiger partial charge on any atom is 0.238 e. The third-order valence-corrected chi connectivity index (χ3v) is 3.51. The molecule has 0 radical (unpaired) electrons. The summed E-state index contributed by atoms with van der Waals surface area (Å²) in [4.78, 5) is 13.8. The van der Waals surface area contributed by atoms with Crippen molar-refractivity contribution in [3.63, 3.8) is 0 Å². The predicted octanol–water partition coefficient (Wildman–Crippen LogP) is 4.31. The lowest BCUT2D eigenvalue weighted by Crippen LogP contribution is -2.29. The first-order valence-electron chi connectivity index (χ1n) is 6.11. The van der Waals surface area contributed by atoms with E-state index in [4.69, 9.17) is 39.2 Å². The van der Waals surface area contributed by atoms with Crippen LogP contribution in [0.1, 0.15) is 5.76 Å². The SMILES string of the molecule is CN(CC(=O)Nc1c(Cl)cc(Cl)cc1Cl)Cc1ccco1. The zero-order chi connectivity index (χ0) is 15.4. The van der Waals surface area contributed by atoms with Crippen molar-refractivity contribution < 1.29 is 9.21 Å². The number of anilines is 1. The molecule has 0 aliphatic rings. The number of nitrogens with one attached hydrogen (secondary N) is 1. The molecule has 1 heterocycles. The number of nitrogens with zero attached hydrogens (tertiary/aromatic N) is 1. The highest BCUT2D eigenvalue weighted by Gasteiger charge is 2.13. The molecule has 7 heteroatoms. The lowest BCUT2D eigenvalue weighted by molar-refractivity contribution is -0.117. The number of furan rings is 1. The van der Waals surface area contributed by atoms with E-state index >= 15 is 0 Å². The predicted molar refractivity (Wildman–Crippen MR) is 85.1 cm³/mol. The number of likely N-dealkylation sites (N-methyl/N-ethyl adjacent to an activating group) is 1. The van der Waals surface area contributed by atoms with Crippen molar-refractivity contribution in [3.05, 3.63) is 51.4 Å². The van der Waals surface area contributed by atoms with Crippen LogP contribution in [0.3, 0.4) is 0 Å². The average molecular weight is 348 g/mol. The van der Waals surface area contributed by atoms with Crippen LogP contribution in [0.2, 0.25) is 15.1 Å². The van der Waals surface area contributed by atoms with Crippen LogP contribution in [0.5, 0.6) is 0 Å². The van der Waals surface area contributed by atoms with Gasteiger partial charge in [-0.15, -0.1) is 0 Å². The summed E-state index contributed by atoms with van der Waals surface area (Å²) in [7, 11) is 1.81. The fraction of sp³-hybridized carbons (Fsp3) is 0.214. The van der Waals surface area contributed by atoms with Gasteiger partial charge in [0, 0.05) is 5.02 Å². The van der Waals surface area contributed by atoms with Crippen LogP contribution in [0.15, 0.2) is 34.9 Å². The third kappa shape index (κ3) is 4.64. The monoisotopic (exact) mass is 346 g/mol. The topological polar surface area (TPSA) is 45.5 Å². The zero-order valence-corrected chi connectivity index (χ0v) is 13.5. The average Bonchev–Trinajstić information content (AvgIpc) is 2.86. The molecule has 0 aliphatic carbocycles. The quantitative estimate of drug-likeness (QED) is 0.876. The second-order valence-corrected chi connectivity index (χ2v) is 5.80. The molecule has 0 atom stereocenters. The fourth-order valence-corrected chi connectivity index (χ4v) is 2.72. The number of hydrogen-bond acceptors (Lipinski definition) is 3. The first-order valence-corrected chi connectivity index (χ1v) is 7.24. The maximum absolute atomic E-state index is 12.0. The van der Waals surface area contributed by atoms with Gasteiger partial charge >= 0.3 is 0 Å². The fourth-order valence-electron chi connectivity index (χ4n) is 1.81. The molecule has 1 aromatic carbocycles. The van der Waals surface area contributed by atoms with Gasteiger partial charge in [0.15, 0.2) is 0 Å². The van der Waals surface area contributed by atoms with Gasteiger partial charge in [-0.25, -0.2) is 0 Å². The van der Waals surface area contributed by atoms with Gasteiger partial charge in [-0.3, -0.25) is 9.69 Å². The Morgan fingerprint density at radius 2 is 1.95 bits per heavy atom. The molecule has 0 saturated carbocycles. The van der Waals surface area contributed by atoms with E-state index in [1.54, 1.807) is 12.3 Å². The summed E-state index contributed by atoms with van der Waals surface area (Å²) in [6.45, 7) is 0.707. The van der Waals surface area contributed by atoms with Crippen LogP contribution in [0.25, 0.3) is 0 Å². The number of hydrogen-bond donors (Lipinski definition) is 1. The van der Waals surface area contributed by atoms with Gasteiger partial charge in [0.2, 0.25) is 5.91 Å². The highest BCUT2D eigenvalue weighted by atomic mass is 35.5. The Kier molecular flexibility index (Phi) is 5.53. The first kappa shape index (κ1) is 16.2. The summed E-state index contributed by atoms with van der Waals surface area (Å²) < 4.78 is 5.23. The van der Waals surface area contributed by atoms with E-state index in [1.165, 1.54) is 12.1 Å². The summed E-state index contributed by atoms with van der Waals surface area (Å²) in [5.74, 6) is 0.558. The molecule has 2 rings (SSSR count). The van der Waals surface area contributed by atoms with E-state index in [2.05, 4.69) is 5.32 Å². The van der Waals surface area contributed by atoms with Crippen molar-refractivity contribution in [2.45, 2.75) is 6.54 Å². The molecule has 0 fully saturated rings. The molecule has 4 nitrogen and oxygen atoms in total. The molecule has 112 valence electrons. The number of halogens is 3. The van der Waals surface area contributed by atoms with E-state index in [0.29, 0.717) is 27.3 Å². The molecule has 0 unspecified atom stereocenters. The molecule has 21 heavy (non-hydrogen) atoms. The Balaban J connectivity index is 1.95. The second-order valence-electron chi connectivity index (χ2n) is 4.54. The molecular formula is C14H13Cl3N2O2. The highest BCUT2D eigenvalue weighted by molar-refractivity contribution is 6.42. The van der Waals surface area contributed by atoms with Crippen LogP contribution >= 0.6 is 34.8 Å². The second kappa shape index (κ2) is 7.18. The molecule has 0 spiro atoms. The maximum atomic E-state index is 12.0. The number of benzene rings is 1. The van der Waals surface area contributed by atoms with Crippen molar-refractivity contribution in [3.8, 4) is 0 Å². The van der Waals surface area contributed by atoms with Gasteiger partial charge in [-0.05, 0) is 31.3 Å².